The highest BCUT2D eigenvalue weighted by atomic mass is 16.3. The molecule has 0 radical (unpaired) electrons. The number of carbonyl (C=O) groups is 1. The number of aromatic hydroxyl groups is 2. The van der Waals surface area contributed by atoms with Gasteiger partial charge in [0.05, 0.1) is 0 Å². The second kappa shape index (κ2) is 4.29. The quantitative estimate of drug-likeness (QED) is 0.613. The molecule has 0 aliphatic heterocycles. The van der Waals surface area contributed by atoms with Crippen LogP contribution in [0.25, 0.3) is 11.1 Å². The Morgan fingerprint density at radius 2 is 1.71 bits per heavy atom. The summed E-state index contributed by atoms with van der Waals surface area (Å²) in [6.45, 7) is 1.47. The Kier molecular flexibility index (Phi) is 2.83. The highest BCUT2D eigenvalue weighted by Gasteiger charge is 2.12. The molecule has 0 heterocycles. The van der Waals surface area contributed by atoms with Crippen LogP contribution in [0, 0.1) is 0 Å². The molecule has 0 saturated heterocycles. The van der Waals surface area contributed by atoms with Crippen LogP contribution in [0.4, 0.5) is 0 Å². The third kappa shape index (κ3) is 2.13. The lowest BCUT2D eigenvalue weighted by molar-refractivity contribution is 0.101. The molecule has 3 nitrogen and oxygen atoms in total. The van der Waals surface area contributed by atoms with E-state index in [2.05, 4.69) is 0 Å². The zero-order valence-corrected chi connectivity index (χ0v) is 9.34. The molecule has 0 atom stereocenters. The van der Waals surface area contributed by atoms with Gasteiger partial charge in [0, 0.05) is 11.1 Å². The average molecular weight is 228 g/mol. The first-order chi connectivity index (χ1) is 8.09. The topological polar surface area (TPSA) is 57.5 Å². The van der Waals surface area contributed by atoms with Gasteiger partial charge in [0.2, 0.25) is 0 Å². The molecule has 0 fully saturated rings. The van der Waals surface area contributed by atoms with Gasteiger partial charge in [-0.1, -0.05) is 24.3 Å². The maximum atomic E-state index is 11.5. The van der Waals surface area contributed by atoms with Crippen molar-refractivity contribution < 1.29 is 15.0 Å². The molecule has 0 aromatic heterocycles. The fourth-order valence-electron chi connectivity index (χ4n) is 1.76. The van der Waals surface area contributed by atoms with Crippen LogP contribution in [-0.4, -0.2) is 16.0 Å². The third-order valence-corrected chi connectivity index (χ3v) is 2.58. The second-order valence-electron chi connectivity index (χ2n) is 3.80. The van der Waals surface area contributed by atoms with Crippen LogP contribution in [0.1, 0.15) is 17.3 Å². The van der Waals surface area contributed by atoms with Gasteiger partial charge < -0.3 is 10.2 Å². The zero-order chi connectivity index (χ0) is 12.4. The van der Waals surface area contributed by atoms with E-state index in [4.69, 9.17) is 0 Å². The molecule has 0 aliphatic rings. The predicted molar refractivity (Wildman–Crippen MR) is 65.2 cm³/mol. The van der Waals surface area contributed by atoms with Crippen LogP contribution in [0.2, 0.25) is 0 Å². The number of benzene rings is 2. The summed E-state index contributed by atoms with van der Waals surface area (Å²) in [5.41, 5.74) is 1.60. The molecule has 0 unspecified atom stereocenters. The van der Waals surface area contributed by atoms with Crippen LogP contribution in [0.15, 0.2) is 42.5 Å². The first-order valence-corrected chi connectivity index (χ1v) is 5.22. The smallest absolute Gasteiger partial charge is 0.160 e. The number of carbonyl (C=O) groups excluding carboxylic acids is 1. The van der Waals surface area contributed by atoms with Gasteiger partial charge in [-0.05, 0) is 30.7 Å². The standard InChI is InChI=1S/C14H12O3/c1-9(15)11-4-2-3-5-12(11)13-8-10(16)6-7-14(13)17/h2-8,16-17H,1H3. The Hall–Kier alpha value is -2.29. The van der Waals surface area contributed by atoms with E-state index in [0.29, 0.717) is 16.7 Å². The molecule has 0 aliphatic carbocycles. The number of ketones is 1. The first kappa shape index (κ1) is 11.2. The van der Waals surface area contributed by atoms with Crippen molar-refractivity contribution in [2.24, 2.45) is 0 Å². The SMILES string of the molecule is CC(=O)c1ccccc1-c1cc(O)ccc1O. The molecule has 0 saturated carbocycles. The van der Waals surface area contributed by atoms with Crippen molar-refractivity contribution in [2.75, 3.05) is 0 Å². The highest BCUT2D eigenvalue weighted by Crippen LogP contribution is 2.34. The molecule has 0 spiro atoms. The Morgan fingerprint density at radius 1 is 1.00 bits per heavy atom. The van der Waals surface area contributed by atoms with Gasteiger partial charge in [0.25, 0.3) is 0 Å². The lowest BCUT2D eigenvalue weighted by Crippen LogP contribution is -1.95. The zero-order valence-electron chi connectivity index (χ0n) is 9.34. The summed E-state index contributed by atoms with van der Waals surface area (Å²) in [6, 6.07) is 11.2. The molecule has 2 rings (SSSR count). The van der Waals surface area contributed by atoms with Crippen LogP contribution in [-0.2, 0) is 0 Å². The van der Waals surface area contributed by atoms with Gasteiger partial charge in [0.1, 0.15) is 11.5 Å². The van der Waals surface area contributed by atoms with E-state index in [1.165, 1.54) is 25.1 Å². The largest absolute Gasteiger partial charge is 0.508 e. The predicted octanol–water partition coefficient (Wildman–Crippen LogP) is 2.97. The molecule has 3 heteroatoms. The number of rotatable bonds is 2. The van der Waals surface area contributed by atoms with Gasteiger partial charge in [0.15, 0.2) is 5.78 Å². The Bertz CT molecular complexity index is 573. The summed E-state index contributed by atoms with van der Waals surface area (Å²) in [5.74, 6) is 0.0102. The minimum atomic E-state index is -0.0802. The van der Waals surface area contributed by atoms with Crippen LogP contribution in [0.3, 0.4) is 0 Å². The second-order valence-corrected chi connectivity index (χ2v) is 3.80. The van der Waals surface area contributed by atoms with E-state index in [1.807, 2.05) is 0 Å². The lowest BCUT2D eigenvalue weighted by Gasteiger charge is -2.09. The minimum absolute atomic E-state index is 0.0384. The van der Waals surface area contributed by atoms with E-state index in [9.17, 15) is 15.0 Å². The monoisotopic (exact) mass is 228 g/mol. The van der Waals surface area contributed by atoms with Crippen LogP contribution < -0.4 is 0 Å². The Morgan fingerprint density at radius 3 is 2.41 bits per heavy atom. The fraction of sp³-hybridized carbons (Fsp3) is 0.0714. The summed E-state index contributed by atoms with van der Waals surface area (Å²) in [6.07, 6.45) is 0. The highest BCUT2D eigenvalue weighted by molar-refractivity contribution is 6.01. The number of phenolic OH excluding ortho intramolecular Hbond substituents is 2. The number of hydrogen-bond donors (Lipinski definition) is 2. The van der Waals surface area contributed by atoms with Crippen molar-refractivity contribution in [3.05, 3.63) is 48.0 Å². The summed E-state index contributed by atoms with van der Waals surface area (Å²) in [7, 11) is 0. The van der Waals surface area contributed by atoms with E-state index < -0.39 is 0 Å². The van der Waals surface area contributed by atoms with E-state index in [-0.39, 0.29) is 17.3 Å². The minimum Gasteiger partial charge on any atom is -0.508 e. The molecule has 2 N–H and O–H groups in total. The van der Waals surface area contributed by atoms with Crippen molar-refractivity contribution in [1.82, 2.24) is 0 Å². The average Bonchev–Trinajstić information content (AvgIpc) is 2.32. The number of phenols is 2. The van der Waals surface area contributed by atoms with Gasteiger partial charge in [-0.15, -0.1) is 0 Å². The van der Waals surface area contributed by atoms with Gasteiger partial charge in [-0.3, -0.25) is 4.79 Å². The van der Waals surface area contributed by atoms with E-state index >= 15 is 0 Å². The summed E-state index contributed by atoms with van der Waals surface area (Å²) in [4.78, 5) is 11.5. The summed E-state index contributed by atoms with van der Waals surface area (Å²) in [5, 5.41) is 19.2. The van der Waals surface area contributed by atoms with Crippen molar-refractivity contribution in [1.29, 1.82) is 0 Å². The molecule has 0 bridgehead atoms. The fourth-order valence-corrected chi connectivity index (χ4v) is 1.76. The Labute approximate surface area is 99.0 Å². The molecular formula is C14H12O3. The van der Waals surface area contributed by atoms with Gasteiger partial charge in [-0.2, -0.15) is 0 Å². The molecule has 17 heavy (non-hydrogen) atoms. The van der Waals surface area contributed by atoms with Crippen molar-refractivity contribution >= 4 is 5.78 Å². The first-order valence-electron chi connectivity index (χ1n) is 5.22. The summed E-state index contributed by atoms with van der Waals surface area (Å²) < 4.78 is 0. The maximum Gasteiger partial charge on any atom is 0.160 e. The molecule has 86 valence electrons. The van der Waals surface area contributed by atoms with Crippen molar-refractivity contribution in [3.63, 3.8) is 0 Å². The van der Waals surface area contributed by atoms with Crippen molar-refractivity contribution in [3.8, 4) is 22.6 Å². The van der Waals surface area contributed by atoms with E-state index in [0.717, 1.165) is 0 Å². The van der Waals surface area contributed by atoms with Crippen LogP contribution in [0.5, 0.6) is 11.5 Å². The number of Topliss-reactive ketones (excluding diaryl/α,β-unsaturated/α-hetero) is 1. The third-order valence-electron chi connectivity index (χ3n) is 2.58. The van der Waals surface area contributed by atoms with Crippen molar-refractivity contribution in [2.45, 2.75) is 6.92 Å². The molecule has 0 amide bonds. The molecule has 2 aromatic rings. The van der Waals surface area contributed by atoms with Gasteiger partial charge >= 0.3 is 0 Å². The normalized spacial score (nSPS) is 10.2. The van der Waals surface area contributed by atoms with Crippen LogP contribution >= 0.6 is 0 Å². The Balaban J connectivity index is 2.68. The molecular weight excluding hydrogens is 216 g/mol. The number of hydrogen-bond acceptors (Lipinski definition) is 3. The van der Waals surface area contributed by atoms with E-state index in [1.54, 1.807) is 24.3 Å². The molecule has 2 aromatic carbocycles. The lowest BCUT2D eigenvalue weighted by atomic mass is 9.97. The summed E-state index contributed by atoms with van der Waals surface area (Å²) >= 11 is 0. The van der Waals surface area contributed by atoms with Gasteiger partial charge in [-0.25, -0.2) is 0 Å². The maximum absolute atomic E-state index is 11.5.